The molecule has 1 aromatic heterocycles. The Kier molecular flexibility index (Phi) is 5.92. The van der Waals surface area contributed by atoms with Crippen molar-refractivity contribution in [3.05, 3.63) is 87.4 Å². The number of nitrogens with zero attached hydrogens (tertiary/aromatic N) is 1. The zero-order valence-corrected chi connectivity index (χ0v) is 17.2. The highest BCUT2D eigenvalue weighted by molar-refractivity contribution is 7.10. The van der Waals surface area contributed by atoms with Gasteiger partial charge in [0.2, 0.25) is 5.91 Å². The van der Waals surface area contributed by atoms with Gasteiger partial charge in [-0.15, -0.1) is 11.3 Å². The van der Waals surface area contributed by atoms with Gasteiger partial charge < -0.3 is 15.0 Å². The summed E-state index contributed by atoms with van der Waals surface area (Å²) in [7, 11) is 1.52. The van der Waals surface area contributed by atoms with Crippen LogP contribution in [0.5, 0.6) is 0 Å². The molecule has 2 aromatic carbocycles. The van der Waals surface area contributed by atoms with Gasteiger partial charge in [0.25, 0.3) is 5.91 Å². The molecule has 0 bridgehead atoms. The van der Waals surface area contributed by atoms with E-state index in [-0.39, 0.29) is 30.3 Å². The number of hydrogen-bond acceptors (Lipinski definition) is 4. The fraction of sp³-hybridized carbons (Fsp3) is 0.217. The lowest BCUT2D eigenvalue weighted by atomic mass is 9.93. The number of carbonyl (C=O) groups is 2. The second-order valence-electron chi connectivity index (χ2n) is 7.05. The van der Waals surface area contributed by atoms with Crippen LogP contribution in [0.2, 0.25) is 0 Å². The van der Waals surface area contributed by atoms with E-state index in [4.69, 9.17) is 4.74 Å². The Balaban J connectivity index is 1.56. The smallest absolute Gasteiger partial charge is 0.255 e. The van der Waals surface area contributed by atoms with Crippen LogP contribution in [-0.4, -0.2) is 37.0 Å². The Morgan fingerprint density at radius 3 is 2.57 bits per heavy atom. The molecule has 0 unspecified atom stereocenters. The van der Waals surface area contributed by atoms with Crippen molar-refractivity contribution in [2.75, 3.05) is 25.6 Å². The molecule has 154 valence electrons. The molecular weight excluding hydrogens is 403 g/mol. The molecule has 4 rings (SSSR count). The predicted octanol–water partition coefficient (Wildman–Crippen LogP) is 4.26. The second-order valence-corrected chi connectivity index (χ2v) is 8.06. The number of nitrogens with one attached hydrogen (secondary N) is 1. The number of rotatable bonds is 5. The van der Waals surface area contributed by atoms with E-state index in [0.717, 1.165) is 17.5 Å². The highest BCUT2D eigenvalue weighted by Gasteiger charge is 2.32. The molecule has 30 heavy (non-hydrogen) atoms. The van der Waals surface area contributed by atoms with Crippen LogP contribution in [-0.2, 0) is 16.0 Å². The fourth-order valence-electron chi connectivity index (χ4n) is 3.70. The lowest BCUT2D eigenvalue weighted by Crippen LogP contribution is -2.41. The number of fused-ring (bicyclic) bond motifs is 1. The van der Waals surface area contributed by atoms with E-state index in [2.05, 4.69) is 16.8 Å². The normalized spacial score (nSPS) is 15.5. The summed E-state index contributed by atoms with van der Waals surface area (Å²) in [6.07, 6.45) is 0.838. The number of thiophene rings is 1. The van der Waals surface area contributed by atoms with E-state index in [9.17, 15) is 14.0 Å². The van der Waals surface area contributed by atoms with Crippen LogP contribution >= 0.6 is 11.3 Å². The highest BCUT2D eigenvalue weighted by atomic mass is 32.1. The van der Waals surface area contributed by atoms with Gasteiger partial charge in [-0.1, -0.05) is 12.1 Å². The Labute approximate surface area is 178 Å². The van der Waals surface area contributed by atoms with Crippen molar-refractivity contribution < 1.29 is 18.7 Å². The van der Waals surface area contributed by atoms with Gasteiger partial charge >= 0.3 is 0 Å². The summed E-state index contributed by atoms with van der Waals surface area (Å²) >= 11 is 1.71. The molecule has 2 heterocycles. The standard InChI is InChI=1S/C23H21FN2O3S/c1-29-14-21(27)26-12-10-20-19(11-13-30-20)22(26)15-4-8-18(9-5-15)25-23(28)16-2-6-17(24)7-3-16/h2-9,11,13,22H,10,12,14H2,1H3,(H,25,28)/t22-/m0/s1. The molecule has 2 amide bonds. The zero-order chi connectivity index (χ0) is 21.1. The van der Waals surface area contributed by atoms with Crippen molar-refractivity contribution in [2.45, 2.75) is 12.5 Å². The minimum atomic E-state index is -0.385. The van der Waals surface area contributed by atoms with E-state index in [1.54, 1.807) is 11.3 Å². The van der Waals surface area contributed by atoms with Gasteiger partial charge in [0.05, 0.1) is 6.04 Å². The van der Waals surface area contributed by atoms with Crippen molar-refractivity contribution in [3.63, 3.8) is 0 Å². The Morgan fingerprint density at radius 1 is 1.13 bits per heavy atom. The maximum Gasteiger partial charge on any atom is 0.255 e. The number of ether oxygens (including phenoxy) is 1. The summed E-state index contributed by atoms with van der Waals surface area (Å²) < 4.78 is 18.1. The molecule has 7 heteroatoms. The van der Waals surface area contributed by atoms with Gasteiger partial charge in [-0.3, -0.25) is 9.59 Å². The average Bonchev–Trinajstić information content (AvgIpc) is 3.23. The molecule has 1 N–H and O–H groups in total. The van der Waals surface area contributed by atoms with Gasteiger partial charge in [-0.25, -0.2) is 4.39 Å². The number of benzene rings is 2. The first kappa shape index (κ1) is 20.3. The van der Waals surface area contributed by atoms with Crippen molar-refractivity contribution in [1.82, 2.24) is 4.90 Å². The van der Waals surface area contributed by atoms with Crippen molar-refractivity contribution in [2.24, 2.45) is 0 Å². The van der Waals surface area contributed by atoms with Crippen LogP contribution in [0.3, 0.4) is 0 Å². The van der Waals surface area contributed by atoms with Crippen LogP contribution in [0.15, 0.2) is 60.0 Å². The lowest BCUT2D eigenvalue weighted by molar-refractivity contribution is -0.137. The number of hydrogen-bond donors (Lipinski definition) is 1. The van der Waals surface area contributed by atoms with Gasteiger partial charge in [-0.05, 0) is 65.4 Å². The maximum absolute atomic E-state index is 13.1. The maximum atomic E-state index is 13.1. The molecule has 0 saturated heterocycles. The Bertz CT molecular complexity index is 1050. The van der Waals surface area contributed by atoms with E-state index >= 15 is 0 Å². The summed E-state index contributed by atoms with van der Waals surface area (Å²) in [4.78, 5) is 28.1. The van der Waals surface area contributed by atoms with Crippen LogP contribution < -0.4 is 5.32 Å². The minimum absolute atomic E-state index is 0.0434. The molecule has 1 atom stereocenters. The predicted molar refractivity (Wildman–Crippen MR) is 114 cm³/mol. The number of amides is 2. The molecule has 5 nitrogen and oxygen atoms in total. The molecular formula is C23H21FN2O3S. The van der Waals surface area contributed by atoms with E-state index in [1.807, 2.05) is 29.2 Å². The van der Waals surface area contributed by atoms with Crippen LogP contribution in [0, 0.1) is 5.82 Å². The van der Waals surface area contributed by atoms with Crippen LogP contribution in [0.25, 0.3) is 0 Å². The van der Waals surface area contributed by atoms with Gasteiger partial charge in [-0.2, -0.15) is 0 Å². The van der Waals surface area contributed by atoms with Gasteiger partial charge in [0, 0.05) is 29.8 Å². The Hall–Kier alpha value is -3.03. The molecule has 0 radical (unpaired) electrons. The number of anilines is 1. The van der Waals surface area contributed by atoms with E-state index < -0.39 is 0 Å². The third kappa shape index (κ3) is 4.13. The second kappa shape index (κ2) is 8.77. The van der Waals surface area contributed by atoms with E-state index in [1.165, 1.54) is 36.3 Å². The molecule has 0 saturated carbocycles. The van der Waals surface area contributed by atoms with Crippen LogP contribution in [0.4, 0.5) is 10.1 Å². The Morgan fingerprint density at radius 2 is 1.87 bits per heavy atom. The monoisotopic (exact) mass is 424 g/mol. The van der Waals surface area contributed by atoms with Crippen molar-refractivity contribution in [3.8, 4) is 0 Å². The summed E-state index contributed by atoms with van der Waals surface area (Å²) in [5.74, 6) is -0.741. The third-order valence-electron chi connectivity index (χ3n) is 5.14. The topological polar surface area (TPSA) is 58.6 Å². The summed E-state index contributed by atoms with van der Waals surface area (Å²) in [6, 6.07) is 14.8. The van der Waals surface area contributed by atoms with Crippen molar-refractivity contribution in [1.29, 1.82) is 0 Å². The molecule has 1 aliphatic rings. The largest absolute Gasteiger partial charge is 0.375 e. The van der Waals surface area contributed by atoms with Gasteiger partial charge in [0.1, 0.15) is 12.4 Å². The van der Waals surface area contributed by atoms with Crippen molar-refractivity contribution >= 4 is 28.8 Å². The quantitative estimate of drug-likeness (QED) is 0.666. The highest BCUT2D eigenvalue weighted by Crippen LogP contribution is 2.38. The van der Waals surface area contributed by atoms with Crippen LogP contribution in [0.1, 0.15) is 32.4 Å². The number of carbonyl (C=O) groups excluding carboxylic acids is 2. The SMILES string of the molecule is COCC(=O)N1CCc2sccc2[C@@H]1c1ccc(NC(=O)c2ccc(F)cc2)cc1. The van der Waals surface area contributed by atoms with Gasteiger partial charge in [0.15, 0.2) is 0 Å². The summed E-state index contributed by atoms with van der Waals surface area (Å²) in [6.45, 7) is 0.686. The molecule has 3 aromatic rings. The minimum Gasteiger partial charge on any atom is -0.375 e. The first-order chi connectivity index (χ1) is 14.6. The number of halogens is 1. The first-order valence-electron chi connectivity index (χ1n) is 9.58. The van der Waals surface area contributed by atoms with E-state index in [0.29, 0.717) is 17.8 Å². The number of methoxy groups -OCH3 is 1. The molecule has 0 aliphatic carbocycles. The molecule has 1 aliphatic heterocycles. The molecule has 0 fully saturated rings. The third-order valence-corrected chi connectivity index (χ3v) is 6.14. The molecule has 0 spiro atoms. The zero-order valence-electron chi connectivity index (χ0n) is 16.4. The lowest BCUT2D eigenvalue weighted by Gasteiger charge is -2.36. The summed E-state index contributed by atoms with van der Waals surface area (Å²) in [5.41, 5.74) is 3.12. The summed E-state index contributed by atoms with van der Waals surface area (Å²) in [5, 5.41) is 4.87. The first-order valence-corrected chi connectivity index (χ1v) is 10.5. The average molecular weight is 424 g/mol. The fourth-order valence-corrected chi connectivity index (χ4v) is 4.61.